The van der Waals surface area contributed by atoms with E-state index in [-0.39, 0.29) is 11.9 Å². The van der Waals surface area contributed by atoms with Crippen molar-refractivity contribution in [2.75, 3.05) is 32.6 Å². The molecule has 0 bridgehead atoms. The molecule has 1 unspecified atom stereocenters. The first-order valence-corrected chi connectivity index (χ1v) is 6.08. The van der Waals surface area contributed by atoms with Gasteiger partial charge in [-0.25, -0.2) is 4.98 Å². The lowest BCUT2D eigenvalue weighted by Gasteiger charge is -2.27. The summed E-state index contributed by atoms with van der Waals surface area (Å²) in [4.78, 5) is 18.4. The normalized spacial score (nSPS) is 12.0. The summed E-state index contributed by atoms with van der Waals surface area (Å²) in [6.45, 7) is 5.07. The van der Waals surface area contributed by atoms with Gasteiger partial charge in [-0.05, 0) is 26.0 Å². The number of nitrogens with one attached hydrogen (secondary N) is 1. The highest BCUT2D eigenvalue weighted by atomic mass is 16.5. The van der Waals surface area contributed by atoms with Crippen LogP contribution in [0.15, 0.2) is 18.2 Å². The molecule has 0 aliphatic rings. The number of amides is 1. The maximum Gasteiger partial charge on any atom is 0.272 e. The van der Waals surface area contributed by atoms with Crippen molar-refractivity contribution in [3.8, 4) is 0 Å². The van der Waals surface area contributed by atoms with E-state index in [1.165, 1.54) is 0 Å². The van der Waals surface area contributed by atoms with Crippen molar-refractivity contribution in [1.82, 2.24) is 9.88 Å². The Morgan fingerprint density at radius 3 is 2.83 bits per heavy atom. The molecular formula is C13H21N3O2. The molecule has 1 amide bonds. The van der Waals surface area contributed by atoms with Gasteiger partial charge in [0.25, 0.3) is 5.91 Å². The minimum absolute atomic E-state index is 0.0348. The molecular weight excluding hydrogens is 230 g/mol. The van der Waals surface area contributed by atoms with Gasteiger partial charge in [0, 0.05) is 20.7 Å². The predicted molar refractivity (Wildman–Crippen MR) is 71.8 cm³/mol. The lowest BCUT2D eigenvalue weighted by molar-refractivity contribution is 0.0574. The number of hydrogen-bond donors (Lipinski definition) is 1. The Balaban J connectivity index is 2.88. The van der Waals surface area contributed by atoms with Crippen molar-refractivity contribution >= 4 is 11.7 Å². The number of likely N-dealkylation sites (N-methyl/N-ethyl adjacent to an activating group) is 1. The summed E-state index contributed by atoms with van der Waals surface area (Å²) in [6, 6.07) is 5.41. The molecule has 1 aromatic rings. The van der Waals surface area contributed by atoms with Crippen molar-refractivity contribution in [3.05, 3.63) is 23.9 Å². The highest BCUT2D eigenvalue weighted by molar-refractivity contribution is 5.92. The first-order chi connectivity index (χ1) is 8.63. The summed E-state index contributed by atoms with van der Waals surface area (Å²) < 4.78 is 5.09. The van der Waals surface area contributed by atoms with Crippen LogP contribution in [0.3, 0.4) is 0 Å². The van der Waals surface area contributed by atoms with Crippen LogP contribution in [-0.2, 0) is 4.74 Å². The van der Waals surface area contributed by atoms with E-state index < -0.39 is 0 Å². The van der Waals surface area contributed by atoms with Gasteiger partial charge in [-0.1, -0.05) is 6.07 Å². The van der Waals surface area contributed by atoms with Crippen LogP contribution in [0.2, 0.25) is 0 Å². The Hall–Kier alpha value is -1.62. The van der Waals surface area contributed by atoms with Gasteiger partial charge >= 0.3 is 0 Å². The summed E-state index contributed by atoms with van der Waals surface area (Å²) in [5, 5.41) is 2.93. The van der Waals surface area contributed by atoms with Gasteiger partial charge in [-0.2, -0.15) is 0 Å². The lowest BCUT2D eigenvalue weighted by Crippen LogP contribution is -2.41. The molecule has 1 N–H and O–H groups in total. The molecule has 1 rings (SSSR count). The highest BCUT2D eigenvalue weighted by Gasteiger charge is 2.20. The Bertz CT molecular complexity index is 396. The van der Waals surface area contributed by atoms with Crippen LogP contribution in [0.5, 0.6) is 0 Å². The van der Waals surface area contributed by atoms with Crippen LogP contribution >= 0.6 is 0 Å². The lowest BCUT2D eigenvalue weighted by atomic mass is 10.2. The molecule has 1 heterocycles. The second-order valence-corrected chi connectivity index (χ2v) is 4.05. The van der Waals surface area contributed by atoms with Gasteiger partial charge in [-0.15, -0.1) is 0 Å². The fourth-order valence-corrected chi connectivity index (χ4v) is 1.83. The average molecular weight is 251 g/mol. The summed E-state index contributed by atoms with van der Waals surface area (Å²) in [5.74, 6) is 0.621. The van der Waals surface area contributed by atoms with Crippen molar-refractivity contribution in [2.24, 2.45) is 0 Å². The summed E-state index contributed by atoms with van der Waals surface area (Å²) in [6.07, 6.45) is 0. The number of methoxy groups -OCH3 is 1. The smallest absolute Gasteiger partial charge is 0.272 e. The number of pyridine rings is 1. The first kappa shape index (κ1) is 14.4. The number of aromatic nitrogens is 1. The minimum atomic E-state index is -0.0702. The van der Waals surface area contributed by atoms with Crippen LogP contribution in [0.25, 0.3) is 0 Å². The van der Waals surface area contributed by atoms with Crippen LogP contribution in [0.4, 0.5) is 5.82 Å². The molecule has 0 radical (unpaired) electrons. The zero-order valence-electron chi connectivity index (χ0n) is 11.4. The van der Waals surface area contributed by atoms with Crippen molar-refractivity contribution in [3.63, 3.8) is 0 Å². The van der Waals surface area contributed by atoms with E-state index in [1.807, 2.05) is 26.0 Å². The van der Waals surface area contributed by atoms with E-state index in [2.05, 4.69) is 10.3 Å². The van der Waals surface area contributed by atoms with E-state index in [1.54, 1.807) is 25.1 Å². The molecule has 100 valence electrons. The summed E-state index contributed by atoms with van der Waals surface area (Å²) >= 11 is 0. The van der Waals surface area contributed by atoms with Crippen LogP contribution in [-0.4, -0.2) is 49.1 Å². The third kappa shape index (κ3) is 3.43. The second kappa shape index (κ2) is 6.96. The van der Waals surface area contributed by atoms with Crippen molar-refractivity contribution in [2.45, 2.75) is 19.9 Å². The third-order valence-electron chi connectivity index (χ3n) is 2.77. The van der Waals surface area contributed by atoms with Gasteiger partial charge < -0.3 is 15.0 Å². The molecule has 18 heavy (non-hydrogen) atoms. The van der Waals surface area contributed by atoms with E-state index in [0.717, 1.165) is 0 Å². The average Bonchev–Trinajstić information content (AvgIpc) is 2.40. The van der Waals surface area contributed by atoms with Gasteiger partial charge in [0.1, 0.15) is 11.5 Å². The van der Waals surface area contributed by atoms with E-state index in [0.29, 0.717) is 24.7 Å². The monoisotopic (exact) mass is 251 g/mol. The fourth-order valence-electron chi connectivity index (χ4n) is 1.83. The molecule has 0 aliphatic carbocycles. The quantitative estimate of drug-likeness (QED) is 0.834. The van der Waals surface area contributed by atoms with E-state index in [4.69, 9.17) is 4.74 Å². The number of rotatable bonds is 6. The number of carbonyl (C=O) groups excluding carboxylic acids is 1. The summed E-state index contributed by atoms with van der Waals surface area (Å²) in [7, 11) is 3.41. The minimum Gasteiger partial charge on any atom is -0.383 e. The van der Waals surface area contributed by atoms with Crippen LogP contribution in [0.1, 0.15) is 24.3 Å². The van der Waals surface area contributed by atoms with Crippen molar-refractivity contribution < 1.29 is 9.53 Å². The second-order valence-electron chi connectivity index (χ2n) is 4.05. The maximum absolute atomic E-state index is 12.3. The Labute approximate surface area is 108 Å². The molecule has 0 spiro atoms. The number of carbonyl (C=O) groups is 1. The van der Waals surface area contributed by atoms with Gasteiger partial charge in [0.05, 0.1) is 12.6 Å². The van der Waals surface area contributed by atoms with E-state index in [9.17, 15) is 4.79 Å². The molecule has 1 atom stereocenters. The molecule has 0 aliphatic heterocycles. The maximum atomic E-state index is 12.3. The van der Waals surface area contributed by atoms with Gasteiger partial charge in [0.2, 0.25) is 0 Å². The number of nitrogens with zero attached hydrogens (tertiary/aromatic N) is 2. The Morgan fingerprint density at radius 1 is 1.56 bits per heavy atom. The largest absolute Gasteiger partial charge is 0.383 e. The van der Waals surface area contributed by atoms with Gasteiger partial charge in [0.15, 0.2) is 0 Å². The first-order valence-electron chi connectivity index (χ1n) is 6.08. The molecule has 5 heteroatoms. The van der Waals surface area contributed by atoms with Crippen molar-refractivity contribution in [1.29, 1.82) is 0 Å². The molecule has 0 saturated heterocycles. The highest BCUT2D eigenvalue weighted by Crippen LogP contribution is 2.09. The Kier molecular flexibility index (Phi) is 5.58. The topological polar surface area (TPSA) is 54.5 Å². The third-order valence-corrected chi connectivity index (χ3v) is 2.77. The molecule has 0 fully saturated rings. The standard InChI is InChI=1S/C13H21N3O2/c1-5-16(10(2)9-18-4)13(17)11-7-6-8-12(14-3)15-11/h6-8,10H,5,9H2,1-4H3,(H,14,15). The number of hydrogen-bond acceptors (Lipinski definition) is 4. The number of ether oxygens (including phenoxy) is 1. The SMILES string of the molecule is CCN(C(=O)c1cccc(NC)n1)C(C)COC. The molecule has 0 aromatic carbocycles. The zero-order valence-corrected chi connectivity index (χ0v) is 11.4. The van der Waals surface area contributed by atoms with Gasteiger partial charge in [-0.3, -0.25) is 4.79 Å². The number of anilines is 1. The van der Waals surface area contributed by atoms with Crippen LogP contribution < -0.4 is 5.32 Å². The van der Waals surface area contributed by atoms with E-state index >= 15 is 0 Å². The molecule has 0 saturated carbocycles. The molecule has 5 nitrogen and oxygen atoms in total. The summed E-state index contributed by atoms with van der Waals surface area (Å²) in [5.41, 5.74) is 0.451. The van der Waals surface area contributed by atoms with Crippen LogP contribution in [0, 0.1) is 0 Å². The predicted octanol–water partition coefficient (Wildman–Crippen LogP) is 1.62. The molecule has 1 aromatic heterocycles. The zero-order chi connectivity index (χ0) is 13.5. The fraction of sp³-hybridized carbons (Fsp3) is 0.538. The Morgan fingerprint density at radius 2 is 2.28 bits per heavy atom.